The summed E-state index contributed by atoms with van der Waals surface area (Å²) in [6, 6.07) is 14.2. The Morgan fingerprint density at radius 2 is 1.74 bits per heavy atom. The Labute approximate surface area is 156 Å². The number of hydrogen-bond acceptors (Lipinski definition) is 3. The van der Waals surface area contributed by atoms with E-state index in [1.54, 1.807) is 0 Å². The third-order valence-electron chi connectivity index (χ3n) is 3.82. The van der Waals surface area contributed by atoms with Gasteiger partial charge in [-0.25, -0.2) is 0 Å². The van der Waals surface area contributed by atoms with Gasteiger partial charge in [0.05, 0.1) is 17.9 Å². The Morgan fingerprint density at radius 1 is 1.07 bits per heavy atom. The van der Waals surface area contributed by atoms with Crippen molar-refractivity contribution >= 4 is 11.6 Å². The minimum Gasteiger partial charge on any atom is -0.494 e. The number of amides is 1. The van der Waals surface area contributed by atoms with E-state index in [2.05, 4.69) is 10.6 Å². The number of nitrogens with one attached hydrogen (secondary N) is 2. The molecule has 0 spiro atoms. The maximum absolute atomic E-state index is 12.9. The molecule has 0 aliphatic carbocycles. The summed E-state index contributed by atoms with van der Waals surface area (Å²) in [5.74, 6) is 0.334. The Morgan fingerprint density at radius 3 is 2.44 bits per heavy atom. The van der Waals surface area contributed by atoms with E-state index in [0.717, 1.165) is 18.2 Å². The highest BCUT2D eigenvalue weighted by atomic mass is 19.4. The molecule has 0 heterocycles. The molecular weight excluding hydrogens is 357 g/mol. The van der Waals surface area contributed by atoms with Gasteiger partial charge in [0, 0.05) is 12.5 Å². The van der Waals surface area contributed by atoms with E-state index in [9.17, 15) is 18.0 Å². The predicted octanol–water partition coefficient (Wildman–Crippen LogP) is 4.48. The van der Waals surface area contributed by atoms with Crippen LogP contribution in [0.4, 0.5) is 18.9 Å². The molecule has 0 aliphatic heterocycles. The monoisotopic (exact) mass is 380 g/mol. The third kappa shape index (κ3) is 7.30. The molecule has 0 aromatic heterocycles. The normalized spacial score (nSPS) is 12.4. The summed E-state index contributed by atoms with van der Waals surface area (Å²) in [7, 11) is 0. The summed E-state index contributed by atoms with van der Waals surface area (Å²) in [6.07, 6.45) is -3.68. The first-order chi connectivity index (χ1) is 12.9. The molecule has 0 radical (unpaired) electrons. The van der Waals surface area contributed by atoms with E-state index in [-0.39, 0.29) is 18.2 Å². The number of carbonyl (C=O) groups excluding carboxylic acids is 1. The fraction of sp³-hybridized carbons (Fsp3) is 0.350. The zero-order valence-corrected chi connectivity index (χ0v) is 15.1. The van der Waals surface area contributed by atoms with Gasteiger partial charge in [-0.05, 0) is 44.2 Å². The smallest absolute Gasteiger partial charge is 0.418 e. The molecule has 2 rings (SSSR count). The first-order valence-electron chi connectivity index (χ1n) is 8.73. The van der Waals surface area contributed by atoms with Gasteiger partial charge in [0.25, 0.3) is 0 Å². The van der Waals surface area contributed by atoms with E-state index in [0.29, 0.717) is 13.2 Å². The first kappa shape index (κ1) is 20.8. The van der Waals surface area contributed by atoms with Crippen LogP contribution in [0.3, 0.4) is 0 Å². The molecule has 2 aromatic rings. The highest BCUT2D eigenvalue weighted by Crippen LogP contribution is 2.34. The van der Waals surface area contributed by atoms with E-state index in [1.807, 2.05) is 37.3 Å². The van der Waals surface area contributed by atoms with Crippen molar-refractivity contribution in [1.29, 1.82) is 0 Å². The molecule has 1 unspecified atom stereocenters. The van der Waals surface area contributed by atoms with Crippen LogP contribution in [-0.2, 0) is 11.0 Å². The number of alkyl halides is 3. The predicted molar refractivity (Wildman–Crippen MR) is 98.7 cm³/mol. The van der Waals surface area contributed by atoms with Gasteiger partial charge in [-0.1, -0.05) is 30.3 Å². The molecule has 1 atom stereocenters. The topological polar surface area (TPSA) is 50.4 Å². The van der Waals surface area contributed by atoms with Crippen LogP contribution in [0.2, 0.25) is 0 Å². The van der Waals surface area contributed by atoms with Crippen molar-refractivity contribution in [2.24, 2.45) is 0 Å². The number of anilines is 1. The zero-order chi connectivity index (χ0) is 19.7. The van der Waals surface area contributed by atoms with Crippen molar-refractivity contribution in [3.63, 3.8) is 0 Å². The van der Waals surface area contributed by atoms with Gasteiger partial charge in [-0.15, -0.1) is 0 Å². The lowest BCUT2D eigenvalue weighted by Crippen LogP contribution is -2.32. The van der Waals surface area contributed by atoms with E-state index in [1.165, 1.54) is 18.2 Å². The standard InChI is InChI=1S/C20H23F3N2O2/c1-15(24-12-7-13-27-16-8-3-2-4-9-16)14-19(26)25-18-11-6-5-10-17(18)20(21,22)23/h2-6,8-11,15,24H,7,12-14H2,1H3,(H,25,26). The Kier molecular flexibility index (Phi) is 7.67. The molecule has 0 bridgehead atoms. The Bertz CT molecular complexity index is 721. The van der Waals surface area contributed by atoms with Gasteiger partial charge in [-0.3, -0.25) is 4.79 Å². The first-order valence-corrected chi connectivity index (χ1v) is 8.73. The van der Waals surface area contributed by atoms with Crippen molar-refractivity contribution in [3.8, 4) is 5.75 Å². The summed E-state index contributed by atoms with van der Waals surface area (Å²) in [5, 5.41) is 5.51. The average Bonchev–Trinajstić information content (AvgIpc) is 2.61. The van der Waals surface area contributed by atoms with Crippen molar-refractivity contribution < 1.29 is 22.7 Å². The highest BCUT2D eigenvalue weighted by molar-refractivity contribution is 5.92. The lowest BCUT2D eigenvalue weighted by molar-refractivity contribution is -0.137. The average molecular weight is 380 g/mol. The van der Waals surface area contributed by atoms with Crippen LogP contribution in [0.1, 0.15) is 25.3 Å². The Balaban J connectivity index is 1.70. The summed E-state index contributed by atoms with van der Waals surface area (Å²) < 4.78 is 44.4. The molecule has 1 amide bonds. The van der Waals surface area contributed by atoms with Crippen LogP contribution < -0.4 is 15.4 Å². The zero-order valence-electron chi connectivity index (χ0n) is 15.1. The fourth-order valence-electron chi connectivity index (χ4n) is 2.52. The maximum atomic E-state index is 12.9. The second kappa shape index (κ2) is 9.97. The second-order valence-electron chi connectivity index (χ2n) is 6.17. The number of carbonyl (C=O) groups is 1. The molecule has 0 saturated carbocycles. The van der Waals surface area contributed by atoms with Gasteiger partial charge in [0.2, 0.25) is 5.91 Å². The number of para-hydroxylation sites is 2. The van der Waals surface area contributed by atoms with Gasteiger partial charge in [-0.2, -0.15) is 13.2 Å². The SMILES string of the molecule is CC(CC(=O)Nc1ccccc1C(F)(F)F)NCCCOc1ccccc1. The van der Waals surface area contributed by atoms with E-state index in [4.69, 9.17) is 4.74 Å². The molecule has 146 valence electrons. The molecule has 27 heavy (non-hydrogen) atoms. The lowest BCUT2D eigenvalue weighted by Gasteiger charge is -2.16. The minimum atomic E-state index is -4.51. The fourth-order valence-corrected chi connectivity index (χ4v) is 2.52. The van der Waals surface area contributed by atoms with E-state index < -0.39 is 17.6 Å². The summed E-state index contributed by atoms with van der Waals surface area (Å²) in [6.45, 7) is 2.99. The van der Waals surface area contributed by atoms with Gasteiger partial charge >= 0.3 is 6.18 Å². The highest BCUT2D eigenvalue weighted by Gasteiger charge is 2.33. The molecular formula is C20H23F3N2O2. The van der Waals surface area contributed by atoms with Gasteiger partial charge in [0.15, 0.2) is 0 Å². The molecule has 7 heteroatoms. The van der Waals surface area contributed by atoms with Crippen LogP contribution in [0.15, 0.2) is 54.6 Å². The maximum Gasteiger partial charge on any atom is 0.418 e. The number of hydrogen-bond donors (Lipinski definition) is 2. The quantitative estimate of drug-likeness (QED) is 0.631. The van der Waals surface area contributed by atoms with E-state index >= 15 is 0 Å². The van der Waals surface area contributed by atoms with Gasteiger partial charge < -0.3 is 15.4 Å². The van der Waals surface area contributed by atoms with Crippen LogP contribution >= 0.6 is 0 Å². The molecule has 0 saturated heterocycles. The van der Waals surface area contributed by atoms with Crippen molar-refractivity contribution in [3.05, 3.63) is 60.2 Å². The van der Waals surface area contributed by atoms with Crippen LogP contribution in [-0.4, -0.2) is 25.1 Å². The molecule has 2 N–H and O–H groups in total. The number of ether oxygens (including phenoxy) is 1. The lowest BCUT2D eigenvalue weighted by atomic mass is 10.1. The largest absolute Gasteiger partial charge is 0.494 e. The second-order valence-corrected chi connectivity index (χ2v) is 6.17. The minimum absolute atomic E-state index is 0.0751. The van der Waals surface area contributed by atoms with Crippen molar-refractivity contribution in [2.45, 2.75) is 32.0 Å². The summed E-state index contributed by atoms with van der Waals surface area (Å²) in [4.78, 5) is 12.0. The van der Waals surface area contributed by atoms with Crippen molar-refractivity contribution in [1.82, 2.24) is 5.32 Å². The van der Waals surface area contributed by atoms with Crippen molar-refractivity contribution in [2.75, 3.05) is 18.5 Å². The number of halogens is 3. The molecule has 4 nitrogen and oxygen atoms in total. The third-order valence-corrected chi connectivity index (χ3v) is 3.82. The Hall–Kier alpha value is -2.54. The van der Waals surface area contributed by atoms with Crippen LogP contribution in [0.5, 0.6) is 5.75 Å². The van der Waals surface area contributed by atoms with Crippen LogP contribution in [0.25, 0.3) is 0 Å². The summed E-state index contributed by atoms with van der Waals surface area (Å²) >= 11 is 0. The molecule has 0 fully saturated rings. The number of rotatable bonds is 9. The molecule has 0 aliphatic rings. The summed E-state index contributed by atoms with van der Waals surface area (Å²) in [5.41, 5.74) is -1.07. The number of benzene rings is 2. The van der Waals surface area contributed by atoms with Gasteiger partial charge in [0.1, 0.15) is 5.75 Å². The molecule has 2 aromatic carbocycles. The van der Waals surface area contributed by atoms with Crippen LogP contribution in [0, 0.1) is 0 Å².